The molecule has 1 heterocycles. The van der Waals surface area contributed by atoms with Crippen LogP contribution < -0.4 is 9.46 Å². The van der Waals surface area contributed by atoms with Crippen LogP contribution in [0.1, 0.15) is 22.3 Å². The zero-order valence-electron chi connectivity index (χ0n) is 16.7. The maximum Gasteiger partial charge on any atom is 0.241 e. The highest BCUT2D eigenvalue weighted by Gasteiger charge is 2.18. The highest BCUT2D eigenvalue weighted by Crippen LogP contribution is 2.25. The number of aryl methyl sites for hydroxylation is 2. The molecule has 2 aromatic rings. The van der Waals surface area contributed by atoms with Gasteiger partial charge in [-0.3, -0.25) is 4.90 Å². The van der Waals surface area contributed by atoms with E-state index in [0.717, 1.165) is 44.0 Å². The van der Waals surface area contributed by atoms with Crippen LogP contribution in [-0.2, 0) is 27.8 Å². The Balaban J connectivity index is 1.63. The third kappa shape index (κ3) is 5.11. The number of rotatable bonds is 7. The maximum absolute atomic E-state index is 12.7. The molecular weight excluding hydrogens is 376 g/mol. The largest absolute Gasteiger partial charge is 0.496 e. The molecule has 1 N–H and O–H groups in total. The van der Waals surface area contributed by atoms with Gasteiger partial charge in [0.2, 0.25) is 10.0 Å². The van der Waals surface area contributed by atoms with Crippen molar-refractivity contribution in [2.75, 3.05) is 33.4 Å². The van der Waals surface area contributed by atoms with Crippen molar-refractivity contribution >= 4 is 10.0 Å². The van der Waals surface area contributed by atoms with Gasteiger partial charge in [0, 0.05) is 26.2 Å². The van der Waals surface area contributed by atoms with Crippen molar-refractivity contribution in [3.05, 3.63) is 58.7 Å². The van der Waals surface area contributed by atoms with Crippen molar-refractivity contribution in [1.29, 1.82) is 0 Å². The number of hydrogen-bond acceptors (Lipinski definition) is 5. The Bertz CT molecular complexity index is 905. The minimum Gasteiger partial charge on any atom is -0.496 e. The average molecular weight is 405 g/mol. The van der Waals surface area contributed by atoms with Gasteiger partial charge in [-0.15, -0.1) is 0 Å². The molecule has 0 bridgehead atoms. The van der Waals surface area contributed by atoms with E-state index in [9.17, 15) is 8.42 Å². The zero-order chi connectivity index (χ0) is 20.1. The van der Waals surface area contributed by atoms with Crippen LogP contribution in [0.5, 0.6) is 5.75 Å². The van der Waals surface area contributed by atoms with E-state index >= 15 is 0 Å². The first-order chi connectivity index (χ1) is 13.4. The van der Waals surface area contributed by atoms with Gasteiger partial charge in [-0.1, -0.05) is 24.3 Å². The second kappa shape index (κ2) is 9.05. The smallest absolute Gasteiger partial charge is 0.241 e. The van der Waals surface area contributed by atoms with Crippen molar-refractivity contribution in [3.63, 3.8) is 0 Å². The van der Waals surface area contributed by atoms with Crippen LogP contribution in [0, 0.1) is 13.8 Å². The first kappa shape index (κ1) is 20.8. The van der Waals surface area contributed by atoms with Crippen LogP contribution in [0.3, 0.4) is 0 Å². The van der Waals surface area contributed by atoms with E-state index in [1.165, 1.54) is 5.56 Å². The molecule has 7 heteroatoms. The molecule has 0 spiro atoms. The lowest BCUT2D eigenvalue weighted by molar-refractivity contribution is 0.0342. The Morgan fingerprint density at radius 3 is 2.32 bits per heavy atom. The summed E-state index contributed by atoms with van der Waals surface area (Å²) in [4.78, 5) is 2.64. The molecule has 0 aliphatic carbocycles. The number of nitrogens with one attached hydrogen (secondary N) is 1. The van der Waals surface area contributed by atoms with Gasteiger partial charge in [0.15, 0.2) is 0 Å². The van der Waals surface area contributed by atoms with Crippen LogP contribution in [-0.4, -0.2) is 46.7 Å². The molecule has 2 aromatic carbocycles. The van der Waals surface area contributed by atoms with E-state index in [2.05, 4.69) is 21.8 Å². The molecule has 0 saturated carbocycles. The summed E-state index contributed by atoms with van der Waals surface area (Å²) in [5.74, 6) is 0.687. The predicted molar refractivity (Wildman–Crippen MR) is 109 cm³/mol. The van der Waals surface area contributed by atoms with Crippen LogP contribution in [0.2, 0.25) is 0 Å². The molecule has 152 valence electrons. The summed E-state index contributed by atoms with van der Waals surface area (Å²) in [6.45, 7) is 8.21. The monoisotopic (exact) mass is 404 g/mol. The summed E-state index contributed by atoms with van der Waals surface area (Å²) in [6.07, 6.45) is 0. The van der Waals surface area contributed by atoms with Gasteiger partial charge in [-0.05, 0) is 48.2 Å². The fraction of sp³-hybridized carbons (Fsp3) is 0.429. The first-order valence-corrected chi connectivity index (χ1v) is 10.9. The number of hydrogen-bond donors (Lipinski definition) is 1. The van der Waals surface area contributed by atoms with Gasteiger partial charge >= 0.3 is 0 Å². The van der Waals surface area contributed by atoms with Crippen molar-refractivity contribution in [3.8, 4) is 5.75 Å². The molecule has 1 saturated heterocycles. The van der Waals surface area contributed by atoms with E-state index < -0.39 is 10.0 Å². The topological polar surface area (TPSA) is 67.9 Å². The molecule has 0 unspecified atom stereocenters. The minimum atomic E-state index is -3.60. The van der Waals surface area contributed by atoms with Gasteiger partial charge in [-0.25, -0.2) is 13.1 Å². The van der Waals surface area contributed by atoms with Crippen molar-refractivity contribution in [2.24, 2.45) is 0 Å². The zero-order valence-corrected chi connectivity index (χ0v) is 17.5. The third-order valence-electron chi connectivity index (χ3n) is 4.98. The van der Waals surface area contributed by atoms with Gasteiger partial charge in [0.25, 0.3) is 0 Å². The van der Waals surface area contributed by atoms with Crippen LogP contribution >= 0.6 is 0 Å². The maximum atomic E-state index is 12.7. The number of sulfonamides is 1. The predicted octanol–water partition coefficient (Wildman–Crippen LogP) is 2.62. The fourth-order valence-corrected chi connectivity index (χ4v) is 4.64. The van der Waals surface area contributed by atoms with Crippen molar-refractivity contribution in [1.82, 2.24) is 9.62 Å². The quantitative estimate of drug-likeness (QED) is 0.768. The summed E-state index contributed by atoms with van der Waals surface area (Å²) in [7, 11) is -2.02. The number of morpholine rings is 1. The number of benzene rings is 2. The molecule has 1 aliphatic heterocycles. The van der Waals surface area contributed by atoms with Crippen molar-refractivity contribution in [2.45, 2.75) is 31.8 Å². The molecule has 0 amide bonds. The highest BCUT2D eigenvalue weighted by atomic mass is 32.2. The Labute approximate surface area is 167 Å². The van der Waals surface area contributed by atoms with Crippen LogP contribution in [0.25, 0.3) is 0 Å². The Kier molecular flexibility index (Phi) is 6.72. The lowest BCUT2D eigenvalue weighted by Gasteiger charge is -2.26. The van der Waals surface area contributed by atoms with Crippen LogP contribution in [0.4, 0.5) is 0 Å². The Hall–Kier alpha value is -1.93. The van der Waals surface area contributed by atoms with E-state index in [0.29, 0.717) is 11.3 Å². The molecular formula is C21H28N2O4S. The summed E-state index contributed by atoms with van der Waals surface area (Å²) >= 11 is 0. The second-order valence-corrected chi connectivity index (χ2v) is 8.85. The van der Waals surface area contributed by atoms with Crippen LogP contribution in [0.15, 0.2) is 41.3 Å². The van der Waals surface area contributed by atoms with E-state index in [-0.39, 0.29) is 11.4 Å². The van der Waals surface area contributed by atoms with Crippen molar-refractivity contribution < 1.29 is 17.9 Å². The molecule has 1 aliphatic rings. The number of methoxy groups -OCH3 is 1. The summed E-state index contributed by atoms with van der Waals surface area (Å²) in [5.41, 5.74) is 3.60. The normalized spacial score (nSPS) is 15.5. The van der Waals surface area contributed by atoms with E-state index in [1.807, 2.05) is 19.1 Å². The lowest BCUT2D eigenvalue weighted by Crippen LogP contribution is -2.35. The lowest BCUT2D eigenvalue weighted by atomic mass is 10.1. The molecule has 3 rings (SSSR count). The van der Waals surface area contributed by atoms with Gasteiger partial charge < -0.3 is 9.47 Å². The second-order valence-electron chi connectivity index (χ2n) is 7.12. The fourth-order valence-electron chi connectivity index (χ4n) is 3.31. The molecule has 0 aromatic heterocycles. The van der Waals surface area contributed by atoms with E-state index in [4.69, 9.17) is 9.47 Å². The molecule has 28 heavy (non-hydrogen) atoms. The van der Waals surface area contributed by atoms with E-state index in [1.54, 1.807) is 26.2 Å². The third-order valence-corrected chi connectivity index (χ3v) is 6.52. The molecule has 1 fully saturated rings. The van der Waals surface area contributed by atoms with Gasteiger partial charge in [0.05, 0.1) is 25.2 Å². The average Bonchev–Trinajstić information content (AvgIpc) is 2.69. The van der Waals surface area contributed by atoms with Gasteiger partial charge in [0.1, 0.15) is 5.75 Å². The summed E-state index contributed by atoms with van der Waals surface area (Å²) in [6, 6.07) is 11.5. The Morgan fingerprint density at radius 1 is 1.04 bits per heavy atom. The SMILES string of the molecule is COc1cc(C)c(S(=O)(=O)NCc2ccc(CN3CCOCC3)cc2)cc1C. The summed E-state index contributed by atoms with van der Waals surface area (Å²) < 4.78 is 38.8. The molecule has 0 radical (unpaired) electrons. The first-order valence-electron chi connectivity index (χ1n) is 9.42. The standard InChI is InChI=1S/C21H28N2O4S/c1-16-13-21(17(2)12-20(16)26-3)28(24,25)22-14-18-4-6-19(7-5-18)15-23-8-10-27-11-9-23/h4-7,12-13,22H,8-11,14-15H2,1-3H3. The number of nitrogens with zero attached hydrogens (tertiary/aromatic N) is 1. The highest BCUT2D eigenvalue weighted by molar-refractivity contribution is 7.89. The minimum absolute atomic E-state index is 0.255. The molecule has 6 nitrogen and oxygen atoms in total. The summed E-state index contributed by atoms with van der Waals surface area (Å²) in [5, 5.41) is 0. The Morgan fingerprint density at radius 2 is 1.68 bits per heavy atom. The number of ether oxygens (including phenoxy) is 2. The van der Waals surface area contributed by atoms with Gasteiger partial charge in [-0.2, -0.15) is 0 Å². The molecule has 0 atom stereocenters.